The standard InChI is InChI=1S/C16H15N3O/c1-9-14(11-4-6-12(20)7-5-11)19-16-15(9)18-13(8-17-16)10-2-3-10/h4-8,10,20H,2-3H2,1H3,(H,17,19). The van der Waals surface area contributed by atoms with Crippen LogP contribution in [0.15, 0.2) is 30.5 Å². The van der Waals surface area contributed by atoms with Crippen molar-refractivity contribution >= 4 is 11.2 Å². The van der Waals surface area contributed by atoms with Gasteiger partial charge >= 0.3 is 0 Å². The van der Waals surface area contributed by atoms with Crippen LogP contribution in [0.3, 0.4) is 0 Å². The highest BCUT2D eigenvalue weighted by Gasteiger charge is 2.26. The van der Waals surface area contributed by atoms with Gasteiger partial charge in [0.25, 0.3) is 0 Å². The second kappa shape index (κ2) is 4.07. The van der Waals surface area contributed by atoms with Gasteiger partial charge in [0.2, 0.25) is 0 Å². The number of fused-ring (bicyclic) bond motifs is 1. The summed E-state index contributed by atoms with van der Waals surface area (Å²) >= 11 is 0. The van der Waals surface area contributed by atoms with Crippen LogP contribution in [0.5, 0.6) is 5.75 Å². The summed E-state index contributed by atoms with van der Waals surface area (Å²) in [4.78, 5) is 12.6. The van der Waals surface area contributed by atoms with Crippen LogP contribution in [-0.2, 0) is 0 Å². The van der Waals surface area contributed by atoms with Crippen LogP contribution in [0.2, 0.25) is 0 Å². The highest BCUT2D eigenvalue weighted by Crippen LogP contribution is 2.39. The summed E-state index contributed by atoms with van der Waals surface area (Å²) in [5.74, 6) is 0.883. The molecule has 0 amide bonds. The minimum absolute atomic E-state index is 0.273. The smallest absolute Gasteiger partial charge is 0.156 e. The minimum atomic E-state index is 0.273. The van der Waals surface area contributed by atoms with Crippen molar-refractivity contribution in [3.63, 3.8) is 0 Å². The average molecular weight is 265 g/mol. The number of nitrogens with one attached hydrogen (secondary N) is 1. The number of hydrogen-bond acceptors (Lipinski definition) is 3. The number of rotatable bonds is 2. The van der Waals surface area contributed by atoms with Crippen molar-refractivity contribution in [2.75, 3.05) is 0 Å². The Morgan fingerprint density at radius 2 is 1.95 bits per heavy atom. The molecule has 0 saturated heterocycles. The van der Waals surface area contributed by atoms with Gasteiger partial charge in [0.1, 0.15) is 11.3 Å². The Labute approximate surface area is 116 Å². The number of H-pyrrole nitrogens is 1. The van der Waals surface area contributed by atoms with Crippen LogP contribution >= 0.6 is 0 Å². The van der Waals surface area contributed by atoms with E-state index in [1.54, 1.807) is 12.1 Å². The van der Waals surface area contributed by atoms with Gasteiger partial charge in [0.15, 0.2) is 5.65 Å². The molecule has 100 valence electrons. The third-order valence-corrected chi connectivity index (χ3v) is 3.92. The zero-order valence-corrected chi connectivity index (χ0v) is 11.2. The first-order valence-electron chi connectivity index (χ1n) is 6.87. The van der Waals surface area contributed by atoms with Gasteiger partial charge in [-0.05, 0) is 49.6 Å². The highest BCUT2D eigenvalue weighted by molar-refractivity contribution is 5.85. The summed E-state index contributed by atoms with van der Waals surface area (Å²) in [6, 6.07) is 7.18. The number of aromatic nitrogens is 3. The van der Waals surface area contributed by atoms with Crippen molar-refractivity contribution in [3.05, 3.63) is 41.7 Å². The van der Waals surface area contributed by atoms with Gasteiger partial charge in [0, 0.05) is 11.5 Å². The monoisotopic (exact) mass is 265 g/mol. The molecule has 0 radical (unpaired) electrons. The summed E-state index contributed by atoms with van der Waals surface area (Å²) in [6.45, 7) is 2.06. The summed E-state index contributed by atoms with van der Waals surface area (Å²) in [5, 5.41) is 9.38. The zero-order chi connectivity index (χ0) is 13.7. The number of hydrogen-bond donors (Lipinski definition) is 2. The molecule has 0 spiro atoms. The van der Waals surface area contributed by atoms with Gasteiger partial charge in [-0.2, -0.15) is 0 Å². The minimum Gasteiger partial charge on any atom is -0.508 e. The molecule has 1 aromatic carbocycles. The number of aromatic amines is 1. The molecule has 0 bridgehead atoms. The van der Waals surface area contributed by atoms with Crippen molar-refractivity contribution < 1.29 is 5.11 Å². The Hall–Kier alpha value is -2.36. The fourth-order valence-corrected chi connectivity index (χ4v) is 2.58. The van der Waals surface area contributed by atoms with E-state index in [0.717, 1.165) is 33.7 Å². The maximum atomic E-state index is 9.38. The molecule has 3 aromatic rings. The Morgan fingerprint density at radius 1 is 1.20 bits per heavy atom. The Bertz CT molecular complexity index is 785. The lowest BCUT2D eigenvalue weighted by Crippen LogP contribution is -1.89. The van der Waals surface area contributed by atoms with E-state index in [-0.39, 0.29) is 5.75 Å². The zero-order valence-electron chi connectivity index (χ0n) is 11.2. The van der Waals surface area contributed by atoms with Gasteiger partial charge in [-0.25, -0.2) is 9.97 Å². The van der Waals surface area contributed by atoms with Crippen molar-refractivity contribution in [2.24, 2.45) is 0 Å². The molecule has 0 aliphatic heterocycles. The number of benzene rings is 1. The van der Waals surface area contributed by atoms with E-state index >= 15 is 0 Å². The molecule has 2 aromatic heterocycles. The molecular weight excluding hydrogens is 250 g/mol. The van der Waals surface area contributed by atoms with E-state index in [4.69, 9.17) is 4.98 Å². The van der Waals surface area contributed by atoms with Crippen LogP contribution in [0.4, 0.5) is 0 Å². The molecule has 4 nitrogen and oxygen atoms in total. The molecule has 1 fully saturated rings. The molecule has 20 heavy (non-hydrogen) atoms. The quantitative estimate of drug-likeness (QED) is 0.745. The average Bonchev–Trinajstić information content (AvgIpc) is 3.26. The molecular formula is C16H15N3O. The molecule has 2 N–H and O–H groups in total. The molecule has 0 unspecified atom stereocenters. The van der Waals surface area contributed by atoms with Gasteiger partial charge in [0.05, 0.1) is 17.6 Å². The predicted octanol–water partition coefficient (Wildman–Crippen LogP) is 3.52. The normalized spacial score (nSPS) is 14.8. The maximum absolute atomic E-state index is 9.38. The first-order valence-corrected chi connectivity index (χ1v) is 6.87. The summed E-state index contributed by atoms with van der Waals surface area (Å²) in [5.41, 5.74) is 6.06. The number of phenolic OH excluding ortho intramolecular Hbond substituents is 1. The molecule has 2 heterocycles. The van der Waals surface area contributed by atoms with Crippen LogP contribution in [0, 0.1) is 6.92 Å². The largest absolute Gasteiger partial charge is 0.508 e. The SMILES string of the molecule is Cc1c(-c2ccc(O)cc2)[nH]c2ncc(C3CC3)nc12. The van der Waals surface area contributed by atoms with E-state index in [1.807, 2.05) is 18.3 Å². The highest BCUT2D eigenvalue weighted by atomic mass is 16.3. The first-order chi connectivity index (χ1) is 9.72. The van der Waals surface area contributed by atoms with Crippen molar-refractivity contribution in [1.82, 2.24) is 15.0 Å². The topological polar surface area (TPSA) is 61.8 Å². The number of phenols is 1. The van der Waals surface area contributed by atoms with E-state index in [1.165, 1.54) is 12.8 Å². The molecule has 0 atom stereocenters. The first kappa shape index (κ1) is 11.5. The Morgan fingerprint density at radius 3 is 2.65 bits per heavy atom. The summed E-state index contributed by atoms with van der Waals surface area (Å²) in [7, 11) is 0. The van der Waals surface area contributed by atoms with Crippen LogP contribution in [0.1, 0.15) is 30.0 Å². The fourth-order valence-electron chi connectivity index (χ4n) is 2.58. The second-order valence-electron chi connectivity index (χ2n) is 5.44. The number of aryl methyl sites for hydroxylation is 1. The molecule has 4 rings (SSSR count). The third kappa shape index (κ3) is 1.76. The van der Waals surface area contributed by atoms with Crippen LogP contribution < -0.4 is 0 Å². The van der Waals surface area contributed by atoms with Crippen molar-refractivity contribution in [2.45, 2.75) is 25.7 Å². The molecule has 4 heteroatoms. The Kier molecular flexibility index (Phi) is 2.33. The van der Waals surface area contributed by atoms with E-state index in [9.17, 15) is 5.11 Å². The van der Waals surface area contributed by atoms with E-state index in [2.05, 4.69) is 16.9 Å². The molecule has 1 aliphatic carbocycles. The lowest BCUT2D eigenvalue weighted by atomic mass is 10.1. The fraction of sp³-hybridized carbons (Fsp3) is 0.250. The predicted molar refractivity (Wildman–Crippen MR) is 77.7 cm³/mol. The number of aromatic hydroxyl groups is 1. The third-order valence-electron chi connectivity index (χ3n) is 3.92. The molecule has 1 aliphatic rings. The van der Waals surface area contributed by atoms with Gasteiger partial charge in [-0.15, -0.1) is 0 Å². The van der Waals surface area contributed by atoms with Crippen LogP contribution in [0.25, 0.3) is 22.4 Å². The van der Waals surface area contributed by atoms with Crippen molar-refractivity contribution in [1.29, 1.82) is 0 Å². The van der Waals surface area contributed by atoms with Crippen molar-refractivity contribution in [3.8, 4) is 17.0 Å². The van der Waals surface area contributed by atoms with E-state index < -0.39 is 0 Å². The summed E-state index contributed by atoms with van der Waals surface area (Å²) in [6.07, 6.45) is 4.35. The Balaban J connectivity index is 1.87. The van der Waals surface area contributed by atoms with Gasteiger partial charge < -0.3 is 10.1 Å². The summed E-state index contributed by atoms with van der Waals surface area (Å²) < 4.78 is 0. The lowest BCUT2D eigenvalue weighted by molar-refractivity contribution is 0.475. The number of nitrogens with zero attached hydrogens (tertiary/aromatic N) is 2. The van der Waals surface area contributed by atoms with Gasteiger partial charge in [-0.3, -0.25) is 0 Å². The maximum Gasteiger partial charge on any atom is 0.156 e. The van der Waals surface area contributed by atoms with Gasteiger partial charge in [-0.1, -0.05) is 0 Å². The van der Waals surface area contributed by atoms with Crippen LogP contribution in [-0.4, -0.2) is 20.1 Å². The van der Waals surface area contributed by atoms with E-state index in [0.29, 0.717) is 5.92 Å². The second-order valence-corrected chi connectivity index (χ2v) is 5.44. The lowest BCUT2D eigenvalue weighted by Gasteiger charge is -2.00. The molecule has 1 saturated carbocycles.